The van der Waals surface area contributed by atoms with E-state index in [-0.39, 0.29) is 43.7 Å². The second kappa shape index (κ2) is 6.89. The lowest BCUT2D eigenvalue weighted by Gasteiger charge is -2.34. The molecule has 1 aliphatic heterocycles. The van der Waals surface area contributed by atoms with Gasteiger partial charge in [-0.25, -0.2) is 8.42 Å². The first-order chi connectivity index (χ1) is 9.11. The summed E-state index contributed by atoms with van der Waals surface area (Å²) in [6.07, 6.45) is 0. The molecular formula is C10H22ClN3O4S2. The van der Waals surface area contributed by atoms with Crippen molar-refractivity contribution >= 4 is 31.8 Å². The molecule has 0 amide bonds. The smallest absolute Gasteiger partial charge is 0.212 e. The average molecular weight is 348 g/mol. The molecule has 7 nitrogen and oxygen atoms in total. The third-order valence-electron chi connectivity index (χ3n) is 3.14. The van der Waals surface area contributed by atoms with Gasteiger partial charge in [-0.3, -0.25) is 0 Å². The van der Waals surface area contributed by atoms with Crippen LogP contribution in [0.15, 0.2) is 0 Å². The molecule has 0 bridgehead atoms. The Morgan fingerprint density at radius 1 is 1.05 bits per heavy atom. The molecule has 0 radical (unpaired) electrons. The summed E-state index contributed by atoms with van der Waals surface area (Å²) in [5.41, 5.74) is 0. The van der Waals surface area contributed by atoms with Crippen LogP contribution < -0.4 is 0 Å². The predicted octanol–water partition coefficient (Wildman–Crippen LogP) is -0.385. The number of sulfonamides is 1. The molecule has 1 rings (SSSR count). The van der Waals surface area contributed by atoms with Crippen molar-refractivity contribution in [2.75, 3.05) is 51.9 Å². The Labute approximate surface area is 126 Å². The van der Waals surface area contributed by atoms with E-state index in [1.807, 2.05) is 0 Å². The van der Waals surface area contributed by atoms with Gasteiger partial charge in [0.2, 0.25) is 10.0 Å². The van der Waals surface area contributed by atoms with E-state index in [1.165, 1.54) is 22.7 Å². The normalized spacial score (nSPS) is 21.2. The quantitative estimate of drug-likeness (QED) is 0.613. The van der Waals surface area contributed by atoms with E-state index in [9.17, 15) is 16.8 Å². The molecule has 1 saturated heterocycles. The molecule has 10 heteroatoms. The highest BCUT2D eigenvalue weighted by Gasteiger charge is 2.33. The van der Waals surface area contributed by atoms with E-state index in [0.717, 1.165) is 4.31 Å². The second-order valence-electron chi connectivity index (χ2n) is 5.13. The van der Waals surface area contributed by atoms with Crippen LogP contribution in [-0.2, 0) is 20.2 Å². The van der Waals surface area contributed by atoms with Crippen LogP contribution in [0.3, 0.4) is 0 Å². The number of piperazine rings is 1. The standard InChI is InChI=1S/C10H22ClN3O4S2/c1-10(8-11)9-19(15,16)13-4-6-14(7-5-13)20(17,18)12(2)3/h10H,4-9H2,1-3H3. The molecule has 0 aliphatic carbocycles. The van der Waals surface area contributed by atoms with Crippen LogP contribution in [0.4, 0.5) is 0 Å². The molecule has 1 fully saturated rings. The van der Waals surface area contributed by atoms with Gasteiger partial charge in [0, 0.05) is 46.2 Å². The van der Waals surface area contributed by atoms with Gasteiger partial charge in [0.25, 0.3) is 10.2 Å². The number of hydrogen-bond acceptors (Lipinski definition) is 4. The average Bonchev–Trinajstić information content (AvgIpc) is 2.38. The third-order valence-corrected chi connectivity index (χ3v) is 7.75. The molecule has 0 spiro atoms. The summed E-state index contributed by atoms with van der Waals surface area (Å²) in [6.45, 7) is 2.50. The highest BCUT2D eigenvalue weighted by Crippen LogP contribution is 2.15. The molecule has 0 N–H and O–H groups in total. The van der Waals surface area contributed by atoms with Gasteiger partial charge < -0.3 is 0 Å². The van der Waals surface area contributed by atoms with Crippen LogP contribution in [0.2, 0.25) is 0 Å². The molecule has 0 saturated carbocycles. The first kappa shape index (κ1) is 18.1. The molecule has 1 heterocycles. The first-order valence-electron chi connectivity index (χ1n) is 6.32. The van der Waals surface area contributed by atoms with Crippen molar-refractivity contribution in [3.05, 3.63) is 0 Å². The maximum Gasteiger partial charge on any atom is 0.281 e. The van der Waals surface area contributed by atoms with Crippen molar-refractivity contribution in [2.24, 2.45) is 5.92 Å². The zero-order chi connectivity index (χ0) is 15.6. The Balaban J connectivity index is 2.67. The van der Waals surface area contributed by atoms with Crippen LogP contribution in [-0.4, -0.2) is 81.7 Å². The van der Waals surface area contributed by atoms with E-state index in [2.05, 4.69) is 0 Å². The van der Waals surface area contributed by atoms with Crippen LogP contribution >= 0.6 is 11.6 Å². The third kappa shape index (κ3) is 4.28. The Hall–Kier alpha value is 0.0700. The summed E-state index contributed by atoms with van der Waals surface area (Å²) in [5, 5.41) is 0. The fourth-order valence-electron chi connectivity index (χ4n) is 1.92. The predicted molar refractivity (Wildman–Crippen MR) is 79.4 cm³/mol. The molecule has 1 aliphatic rings. The highest BCUT2D eigenvalue weighted by molar-refractivity contribution is 7.89. The zero-order valence-electron chi connectivity index (χ0n) is 12.0. The minimum Gasteiger partial charge on any atom is -0.212 e. The summed E-state index contributed by atoms with van der Waals surface area (Å²) in [7, 11) is -3.92. The number of hydrogen-bond donors (Lipinski definition) is 0. The maximum atomic E-state index is 12.1. The van der Waals surface area contributed by atoms with E-state index in [1.54, 1.807) is 6.92 Å². The van der Waals surface area contributed by atoms with Gasteiger partial charge in [0.1, 0.15) is 0 Å². The topological polar surface area (TPSA) is 78.0 Å². The molecule has 1 unspecified atom stereocenters. The minimum atomic E-state index is -3.47. The number of halogens is 1. The van der Waals surface area contributed by atoms with Crippen molar-refractivity contribution in [1.29, 1.82) is 0 Å². The van der Waals surface area contributed by atoms with Gasteiger partial charge in [-0.1, -0.05) is 6.92 Å². The molecule has 1 atom stereocenters. The van der Waals surface area contributed by atoms with E-state index < -0.39 is 20.2 Å². The largest absolute Gasteiger partial charge is 0.281 e. The minimum absolute atomic E-state index is 0.00305. The van der Waals surface area contributed by atoms with Crippen LogP contribution in [0.25, 0.3) is 0 Å². The summed E-state index contributed by atoms with van der Waals surface area (Å²) < 4.78 is 51.9. The van der Waals surface area contributed by atoms with Crippen molar-refractivity contribution in [3.8, 4) is 0 Å². The summed E-state index contributed by atoms with van der Waals surface area (Å²) in [4.78, 5) is 0. The Morgan fingerprint density at radius 3 is 1.90 bits per heavy atom. The highest BCUT2D eigenvalue weighted by atomic mass is 35.5. The van der Waals surface area contributed by atoms with Gasteiger partial charge in [0.05, 0.1) is 5.75 Å². The van der Waals surface area contributed by atoms with Gasteiger partial charge in [-0.15, -0.1) is 11.6 Å². The van der Waals surface area contributed by atoms with Crippen LogP contribution in [0.5, 0.6) is 0 Å². The van der Waals surface area contributed by atoms with Crippen molar-refractivity contribution in [3.63, 3.8) is 0 Å². The molecule has 20 heavy (non-hydrogen) atoms. The SMILES string of the molecule is CC(CCl)CS(=O)(=O)N1CCN(S(=O)(=O)N(C)C)CC1. The lowest BCUT2D eigenvalue weighted by atomic mass is 10.3. The van der Waals surface area contributed by atoms with Gasteiger partial charge in [-0.2, -0.15) is 21.3 Å². The van der Waals surface area contributed by atoms with E-state index in [0.29, 0.717) is 0 Å². The van der Waals surface area contributed by atoms with Crippen LogP contribution in [0, 0.1) is 5.92 Å². The van der Waals surface area contributed by atoms with Gasteiger partial charge in [-0.05, 0) is 5.92 Å². The maximum absolute atomic E-state index is 12.1. The number of nitrogens with zero attached hydrogens (tertiary/aromatic N) is 3. The Kier molecular flexibility index (Phi) is 6.24. The molecular weight excluding hydrogens is 326 g/mol. The summed E-state index contributed by atoms with van der Waals surface area (Å²) in [5.74, 6) is 0.163. The lowest BCUT2D eigenvalue weighted by molar-refractivity contribution is 0.262. The molecule has 0 aromatic carbocycles. The Morgan fingerprint density at radius 2 is 1.50 bits per heavy atom. The lowest BCUT2D eigenvalue weighted by Crippen LogP contribution is -2.53. The molecule has 0 aromatic heterocycles. The summed E-state index contributed by atoms with van der Waals surface area (Å²) in [6, 6.07) is 0. The van der Waals surface area contributed by atoms with Gasteiger partial charge >= 0.3 is 0 Å². The summed E-state index contributed by atoms with van der Waals surface area (Å²) >= 11 is 5.64. The zero-order valence-corrected chi connectivity index (χ0v) is 14.4. The van der Waals surface area contributed by atoms with E-state index in [4.69, 9.17) is 11.6 Å². The number of rotatable bonds is 6. The molecule has 120 valence electrons. The van der Waals surface area contributed by atoms with Crippen molar-refractivity contribution in [2.45, 2.75) is 6.92 Å². The molecule has 0 aromatic rings. The fourth-order valence-corrected chi connectivity index (χ4v) is 5.01. The first-order valence-corrected chi connectivity index (χ1v) is 9.86. The van der Waals surface area contributed by atoms with Crippen molar-refractivity contribution in [1.82, 2.24) is 12.9 Å². The van der Waals surface area contributed by atoms with E-state index >= 15 is 0 Å². The van der Waals surface area contributed by atoms with Gasteiger partial charge in [0.15, 0.2) is 0 Å². The van der Waals surface area contributed by atoms with Crippen molar-refractivity contribution < 1.29 is 16.8 Å². The number of alkyl halides is 1. The van der Waals surface area contributed by atoms with Crippen LogP contribution in [0.1, 0.15) is 6.92 Å². The fraction of sp³-hybridized carbons (Fsp3) is 1.00. The second-order valence-corrected chi connectivity index (χ2v) is 9.59. The monoisotopic (exact) mass is 347 g/mol. The Bertz CT molecular complexity index is 513.